The summed E-state index contributed by atoms with van der Waals surface area (Å²) >= 11 is 0. The van der Waals surface area contributed by atoms with Gasteiger partial charge < -0.3 is 9.80 Å². The molecule has 0 bridgehead atoms. The fraction of sp³-hybridized carbons (Fsp3) is 0.882. The zero-order valence-electron chi connectivity index (χ0n) is 13.8. The molecule has 3 fully saturated rings. The average molecular weight is 307 g/mol. The van der Waals surface area contributed by atoms with Gasteiger partial charge in [-0.3, -0.25) is 14.5 Å². The highest BCUT2D eigenvalue weighted by molar-refractivity contribution is 5.88. The molecule has 5 heteroatoms. The van der Waals surface area contributed by atoms with Crippen LogP contribution in [0.15, 0.2) is 0 Å². The Morgan fingerprint density at radius 1 is 0.909 bits per heavy atom. The van der Waals surface area contributed by atoms with Crippen molar-refractivity contribution in [3.05, 3.63) is 0 Å². The van der Waals surface area contributed by atoms with E-state index in [1.54, 1.807) is 0 Å². The molecule has 3 aliphatic rings. The van der Waals surface area contributed by atoms with Crippen LogP contribution < -0.4 is 0 Å². The van der Waals surface area contributed by atoms with Crippen LogP contribution in [0.2, 0.25) is 0 Å². The summed E-state index contributed by atoms with van der Waals surface area (Å²) in [5.41, 5.74) is 0. The Hall–Kier alpha value is -1.10. The maximum Gasteiger partial charge on any atom is 0.245 e. The van der Waals surface area contributed by atoms with Gasteiger partial charge in [-0.1, -0.05) is 13.3 Å². The Labute approximate surface area is 133 Å². The lowest BCUT2D eigenvalue weighted by atomic mass is 9.91. The van der Waals surface area contributed by atoms with Gasteiger partial charge in [0.25, 0.3) is 0 Å². The number of rotatable bonds is 3. The molecular weight excluding hydrogens is 278 g/mol. The van der Waals surface area contributed by atoms with Crippen LogP contribution in [0.1, 0.15) is 51.9 Å². The quantitative estimate of drug-likeness (QED) is 0.793. The third-order valence-corrected chi connectivity index (χ3v) is 5.59. The van der Waals surface area contributed by atoms with Crippen molar-refractivity contribution in [3.63, 3.8) is 0 Å². The number of hydrogen-bond acceptors (Lipinski definition) is 3. The molecule has 5 nitrogen and oxygen atoms in total. The van der Waals surface area contributed by atoms with Crippen LogP contribution in [-0.4, -0.2) is 71.3 Å². The fourth-order valence-corrected chi connectivity index (χ4v) is 4.01. The van der Waals surface area contributed by atoms with Gasteiger partial charge in [-0.25, -0.2) is 0 Å². The number of hydrogen-bond donors (Lipinski definition) is 0. The van der Waals surface area contributed by atoms with E-state index in [1.165, 1.54) is 19.3 Å². The Morgan fingerprint density at radius 2 is 1.73 bits per heavy atom. The van der Waals surface area contributed by atoms with Crippen molar-refractivity contribution in [2.24, 2.45) is 0 Å². The molecule has 22 heavy (non-hydrogen) atoms. The van der Waals surface area contributed by atoms with Crippen molar-refractivity contribution >= 4 is 11.8 Å². The predicted molar refractivity (Wildman–Crippen MR) is 85.4 cm³/mol. The van der Waals surface area contributed by atoms with Crippen LogP contribution >= 0.6 is 0 Å². The van der Waals surface area contributed by atoms with E-state index >= 15 is 0 Å². The Morgan fingerprint density at radius 3 is 2.41 bits per heavy atom. The first-order valence-electron chi connectivity index (χ1n) is 9.03. The van der Waals surface area contributed by atoms with E-state index in [1.807, 2.05) is 16.7 Å². The van der Waals surface area contributed by atoms with Gasteiger partial charge in [0.05, 0.1) is 0 Å². The van der Waals surface area contributed by atoms with Gasteiger partial charge in [-0.2, -0.15) is 0 Å². The predicted octanol–water partition coefficient (Wildman–Crippen LogP) is 1.47. The summed E-state index contributed by atoms with van der Waals surface area (Å²) in [5, 5.41) is 0. The molecule has 0 radical (unpaired) electrons. The average Bonchev–Trinajstić information content (AvgIpc) is 2.84. The van der Waals surface area contributed by atoms with Crippen molar-refractivity contribution in [1.82, 2.24) is 14.7 Å². The van der Waals surface area contributed by atoms with Gasteiger partial charge in [0.15, 0.2) is 0 Å². The number of likely N-dealkylation sites (tertiary alicyclic amines) is 1. The van der Waals surface area contributed by atoms with Crippen LogP contribution in [0, 0.1) is 0 Å². The third kappa shape index (κ3) is 3.14. The van der Waals surface area contributed by atoms with E-state index in [4.69, 9.17) is 0 Å². The van der Waals surface area contributed by atoms with E-state index in [-0.39, 0.29) is 17.9 Å². The van der Waals surface area contributed by atoms with Crippen LogP contribution in [0.25, 0.3) is 0 Å². The largest absolute Gasteiger partial charge is 0.340 e. The molecule has 1 saturated carbocycles. The molecule has 0 unspecified atom stereocenters. The second-order valence-electron chi connectivity index (χ2n) is 6.90. The van der Waals surface area contributed by atoms with E-state index in [9.17, 15) is 9.59 Å². The molecule has 124 valence electrons. The lowest BCUT2D eigenvalue weighted by Gasteiger charge is -2.37. The molecule has 0 spiro atoms. The molecule has 0 aromatic rings. The Kier molecular flexibility index (Phi) is 5.01. The second-order valence-corrected chi connectivity index (χ2v) is 6.90. The molecule has 0 aromatic heterocycles. The minimum absolute atomic E-state index is 0.127. The molecule has 1 aliphatic carbocycles. The molecule has 1 atom stereocenters. The van der Waals surface area contributed by atoms with Crippen LogP contribution in [0.4, 0.5) is 0 Å². The third-order valence-electron chi connectivity index (χ3n) is 5.59. The van der Waals surface area contributed by atoms with E-state index < -0.39 is 0 Å². The first-order valence-corrected chi connectivity index (χ1v) is 9.03. The standard InChI is InChI=1S/C17H29N3O2/c1-2-16(21)20-11-4-8-15(20)17(22)19-10-5-9-18(12-13-19)14-6-3-7-14/h14-15H,2-13H2,1H3/t15-/m0/s1. The van der Waals surface area contributed by atoms with Crippen molar-refractivity contribution in [1.29, 1.82) is 0 Å². The smallest absolute Gasteiger partial charge is 0.245 e. The lowest BCUT2D eigenvalue weighted by Crippen LogP contribution is -2.49. The molecule has 2 aliphatic heterocycles. The van der Waals surface area contributed by atoms with Crippen LogP contribution in [-0.2, 0) is 9.59 Å². The number of amides is 2. The molecule has 2 amide bonds. The number of carbonyl (C=O) groups excluding carboxylic acids is 2. The summed E-state index contributed by atoms with van der Waals surface area (Å²) in [6, 6.07) is 0.572. The first-order chi connectivity index (χ1) is 10.7. The highest BCUT2D eigenvalue weighted by atomic mass is 16.2. The molecule has 0 N–H and O–H groups in total. The van der Waals surface area contributed by atoms with Crippen molar-refractivity contribution in [2.45, 2.75) is 64.0 Å². The van der Waals surface area contributed by atoms with Crippen LogP contribution in [0.5, 0.6) is 0 Å². The normalized spacial score (nSPS) is 27.6. The molecule has 2 saturated heterocycles. The summed E-state index contributed by atoms with van der Waals surface area (Å²) in [5.74, 6) is 0.316. The van der Waals surface area contributed by atoms with Gasteiger partial charge >= 0.3 is 0 Å². The second kappa shape index (κ2) is 6.99. The van der Waals surface area contributed by atoms with Gasteiger partial charge in [-0.05, 0) is 32.1 Å². The van der Waals surface area contributed by atoms with Crippen molar-refractivity contribution in [3.8, 4) is 0 Å². The maximum atomic E-state index is 12.9. The summed E-state index contributed by atoms with van der Waals surface area (Å²) in [6.07, 6.45) is 7.39. The van der Waals surface area contributed by atoms with Crippen LogP contribution in [0.3, 0.4) is 0 Å². The zero-order chi connectivity index (χ0) is 15.5. The monoisotopic (exact) mass is 307 g/mol. The number of nitrogens with zero attached hydrogens (tertiary/aromatic N) is 3. The Balaban J connectivity index is 1.58. The number of carbonyl (C=O) groups is 2. The topological polar surface area (TPSA) is 43.9 Å². The SMILES string of the molecule is CCC(=O)N1CCC[C@H]1C(=O)N1CCCN(C2CCC2)CC1. The van der Waals surface area contributed by atoms with Gasteiger partial charge in [0, 0.05) is 45.2 Å². The molecule has 3 rings (SSSR count). The highest BCUT2D eigenvalue weighted by Gasteiger charge is 2.36. The van der Waals surface area contributed by atoms with E-state index in [0.29, 0.717) is 6.42 Å². The minimum Gasteiger partial charge on any atom is -0.340 e. The van der Waals surface area contributed by atoms with E-state index in [0.717, 1.165) is 58.0 Å². The Bertz CT molecular complexity index is 422. The lowest BCUT2D eigenvalue weighted by molar-refractivity contribution is -0.143. The van der Waals surface area contributed by atoms with Crippen molar-refractivity contribution < 1.29 is 9.59 Å². The molecule has 0 aromatic carbocycles. The van der Waals surface area contributed by atoms with Gasteiger partial charge in [0.2, 0.25) is 11.8 Å². The molecule has 2 heterocycles. The molecular formula is C17H29N3O2. The summed E-state index contributed by atoms with van der Waals surface area (Å²) in [7, 11) is 0. The summed E-state index contributed by atoms with van der Waals surface area (Å²) in [4.78, 5) is 31.3. The van der Waals surface area contributed by atoms with Gasteiger partial charge in [0.1, 0.15) is 6.04 Å². The van der Waals surface area contributed by atoms with E-state index in [2.05, 4.69) is 4.90 Å². The van der Waals surface area contributed by atoms with Crippen molar-refractivity contribution in [2.75, 3.05) is 32.7 Å². The van der Waals surface area contributed by atoms with Gasteiger partial charge in [-0.15, -0.1) is 0 Å². The zero-order valence-corrected chi connectivity index (χ0v) is 13.8. The highest BCUT2D eigenvalue weighted by Crippen LogP contribution is 2.26. The summed E-state index contributed by atoms with van der Waals surface area (Å²) < 4.78 is 0. The summed E-state index contributed by atoms with van der Waals surface area (Å²) in [6.45, 7) is 6.45. The fourth-order valence-electron chi connectivity index (χ4n) is 4.01. The first kappa shape index (κ1) is 15.8. The maximum absolute atomic E-state index is 12.9. The minimum atomic E-state index is -0.192.